The first-order valence-corrected chi connectivity index (χ1v) is 8.92. The molecule has 0 saturated carbocycles. The van der Waals surface area contributed by atoms with Crippen molar-refractivity contribution >= 4 is 23.2 Å². The molecule has 0 spiro atoms. The maximum Gasteiger partial charge on any atom is 0.231 e. The van der Waals surface area contributed by atoms with Crippen LogP contribution in [0.3, 0.4) is 0 Å². The van der Waals surface area contributed by atoms with Gasteiger partial charge < -0.3 is 24.7 Å². The standard InChI is InChI=1S/C19H14Cl2N2O4/c1-2-24-18-12(20)3-9(4-13(18)21)17-10-5-15-16(26-8-25-15)6-14(10)27-19(23)11(17)7-22/h3-6,17H,2,8,23H2,1H3/t17-/m0/s1. The van der Waals surface area contributed by atoms with E-state index in [1.54, 1.807) is 24.3 Å². The second-order valence-electron chi connectivity index (χ2n) is 5.91. The molecular formula is C19H14Cl2N2O4. The summed E-state index contributed by atoms with van der Waals surface area (Å²) in [5.41, 5.74) is 7.67. The summed E-state index contributed by atoms with van der Waals surface area (Å²) < 4.78 is 22.0. The Hall–Kier alpha value is -2.75. The predicted octanol–water partition coefficient (Wildman–Crippen LogP) is 4.34. The summed E-state index contributed by atoms with van der Waals surface area (Å²) in [4.78, 5) is 0. The summed E-state index contributed by atoms with van der Waals surface area (Å²) >= 11 is 12.7. The molecule has 2 aromatic rings. The van der Waals surface area contributed by atoms with Gasteiger partial charge in [0.1, 0.15) is 17.4 Å². The molecule has 8 heteroatoms. The summed E-state index contributed by atoms with van der Waals surface area (Å²) in [5, 5.41) is 10.4. The number of allylic oxidation sites excluding steroid dienone is 1. The lowest BCUT2D eigenvalue weighted by Crippen LogP contribution is -2.21. The fourth-order valence-corrected chi connectivity index (χ4v) is 3.83. The van der Waals surface area contributed by atoms with Crippen LogP contribution in [-0.4, -0.2) is 13.4 Å². The summed E-state index contributed by atoms with van der Waals surface area (Å²) in [6, 6.07) is 9.04. The van der Waals surface area contributed by atoms with Crippen LogP contribution in [0, 0.1) is 11.3 Å². The Balaban J connectivity index is 1.90. The molecule has 0 unspecified atom stereocenters. The number of hydrogen-bond acceptors (Lipinski definition) is 6. The highest BCUT2D eigenvalue weighted by atomic mass is 35.5. The van der Waals surface area contributed by atoms with Crippen molar-refractivity contribution in [1.82, 2.24) is 0 Å². The average molecular weight is 405 g/mol. The smallest absolute Gasteiger partial charge is 0.231 e. The molecule has 2 heterocycles. The average Bonchev–Trinajstić information content (AvgIpc) is 3.09. The van der Waals surface area contributed by atoms with Crippen LogP contribution in [0.5, 0.6) is 23.0 Å². The summed E-state index contributed by atoms with van der Waals surface area (Å²) in [5.74, 6) is 1.53. The topological polar surface area (TPSA) is 86.7 Å². The highest BCUT2D eigenvalue weighted by Crippen LogP contribution is 2.49. The first kappa shape index (κ1) is 17.7. The Labute approximate surface area is 165 Å². The minimum Gasteiger partial charge on any atom is -0.491 e. The van der Waals surface area contributed by atoms with Gasteiger partial charge in [0.2, 0.25) is 12.7 Å². The molecule has 0 fully saturated rings. The maximum atomic E-state index is 9.68. The third-order valence-electron chi connectivity index (χ3n) is 4.35. The van der Waals surface area contributed by atoms with Gasteiger partial charge in [0.15, 0.2) is 17.2 Å². The minimum absolute atomic E-state index is 0.0231. The molecule has 2 aromatic carbocycles. The fourth-order valence-electron chi connectivity index (χ4n) is 3.22. The van der Waals surface area contributed by atoms with E-state index in [0.29, 0.717) is 50.8 Å². The molecule has 4 rings (SSSR count). The lowest BCUT2D eigenvalue weighted by Gasteiger charge is -2.27. The Bertz CT molecular complexity index is 990. The number of benzene rings is 2. The van der Waals surface area contributed by atoms with Crippen LogP contribution in [0.25, 0.3) is 0 Å². The molecule has 2 aliphatic rings. The second-order valence-corrected chi connectivity index (χ2v) is 6.73. The van der Waals surface area contributed by atoms with E-state index in [2.05, 4.69) is 6.07 Å². The molecule has 0 bridgehead atoms. The van der Waals surface area contributed by atoms with Gasteiger partial charge >= 0.3 is 0 Å². The van der Waals surface area contributed by atoms with Gasteiger partial charge in [0.25, 0.3) is 0 Å². The van der Waals surface area contributed by atoms with Crippen LogP contribution in [0.4, 0.5) is 0 Å². The van der Waals surface area contributed by atoms with Crippen LogP contribution in [0.2, 0.25) is 10.0 Å². The zero-order valence-corrected chi connectivity index (χ0v) is 15.7. The molecular weight excluding hydrogens is 391 g/mol. The second kappa shape index (κ2) is 6.76. The third-order valence-corrected chi connectivity index (χ3v) is 4.91. The molecule has 2 N–H and O–H groups in total. The molecule has 0 radical (unpaired) electrons. The number of nitrogens with zero attached hydrogens (tertiary/aromatic N) is 1. The molecule has 0 amide bonds. The summed E-state index contributed by atoms with van der Waals surface area (Å²) in [6.07, 6.45) is 0. The van der Waals surface area contributed by atoms with Crippen LogP contribution >= 0.6 is 23.2 Å². The SMILES string of the molecule is CCOc1c(Cl)cc([C@@H]2C(C#N)=C(N)Oc3cc4c(cc32)OCO4)cc1Cl. The van der Waals surface area contributed by atoms with E-state index >= 15 is 0 Å². The van der Waals surface area contributed by atoms with Gasteiger partial charge in [-0.15, -0.1) is 0 Å². The van der Waals surface area contributed by atoms with Crippen molar-refractivity contribution in [2.24, 2.45) is 5.73 Å². The van der Waals surface area contributed by atoms with E-state index in [-0.39, 0.29) is 18.2 Å². The molecule has 1 atom stereocenters. The van der Waals surface area contributed by atoms with Gasteiger partial charge in [-0.1, -0.05) is 23.2 Å². The van der Waals surface area contributed by atoms with Gasteiger partial charge in [-0.25, -0.2) is 0 Å². The number of fused-ring (bicyclic) bond motifs is 2. The fraction of sp³-hybridized carbons (Fsp3) is 0.211. The molecule has 0 aliphatic carbocycles. The van der Waals surface area contributed by atoms with E-state index < -0.39 is 5.92 Å². The van der Waals surface area contributed by atoms with Crippen molar-refractivity contribution in [1.29, 1.82) is 5.26 Å². The predicted molar refractivity (Wildman–Crippen MR) is 99.5 cm³/mol. The molecule has 2 aliphatic heterocycles. The van der Waals surface area contributed by atoms with Crippen LogP contribution in [-0.2, 0) is 0 Å². The van der Waals surface area contributed by atoms with Crippen molar-refractivity contribution < 1.29 is 18.9 Å². The van der Waals surface area contributed by atoms with E-state index in [4.69, 9.17) is 47.9 Å². The van der Waals surface area contributed by atoms with Gasteiger partial charge in [-0.05, 0) is 30.7 Å². The number of nitriles is 1. The van der Waals surface area contributed by atoms with Crippen molar-refractivity contribution in [2.75, 3.05) is 13.4 Å². The van der Waals surface area contributed by atoms with E-state index in [9.17, 15) is 5.26 Å². The molecule has 138 valence electrons. The zero-order chi connectivity index (χ0) is 19.1. The number of hydrogen-bond donors (Lipinski definition) is 1. The Morgan fingerprint density at radius 3 is 2.44 bits per heavy atom. The summed E-state index contributed by atoms with van der Waals surface area (Å²) in [7, 11) is 0. The molecule has 0 aromatic heterocycles. The Morgan fingerprint density at radius 2 is 1.81 bits per heavy atom. The molecule has 0 saturated heterocycles. The normalized spacial score (nSPS) is 17.2. The Morgan fingerprint density at radius 1 is 1.15 bits per heavy atom. The van der Waals surface area contributed by atoms with Crippen molar-refractivity contribution in [3.05, 3.63) is 56.9 Å². The molecule has 6 nitrogen and oxygen atoms in total. The number of nitrogens with two attached hydrogens (primary N) is 1. The first-order chi connectivity index (χ1) is 13.0. The van der Waals surface area contributed by atoms with E-state index in [0.717, 1.165) is 0 Å². The van der Waals surface area contributed by atoms with Crippen molar-refractivity contribution in [3.8, 4) is 29.1 Å². The van der Waals surface area contributed by atoms with E-state index in [1.165, 1.54) is 0 Å². The van der Waals surface area contributed by atoms with Crippen LogP contribution in [0.1, 0.15) is 24.0 Å². The highest BCUT2D eigenvalue weighted by molar-refractivity contribution is 6.37. The highest BCUT2D eigenvalue weighted by Gasteiger charge is 2.34. The van der Waals surface area contributed by atoms with Gasteiger partial charge in [-0.3, -0.25) is 0 Å². The van der Waals surface area contributed by atoms with E-state index in [1.807, 2.05) is 6.92 Å². The maximum absolute atomic E-state index is 9.68. The zero-order valence-electron chi connectivity index (χ0n) is 14.2. The van der Waals surface area contributed by atoms with Gasteiger partial charge in [0, 0.05) is 11.6 Å². The minimum atomic E-state index is -0.515. The third kappa shape index (κ3) is 2.89. The lowest BCUT2D eigenvalue weighted by molar-refractivity contribution is 0.174. The summed E-state index contributed by atoms with van der Waals surface area (Å²) in [6.45, 7) is 2.39. The van der Waals surface area contributed by atoms with Crippen molar-refractivity contribution in [2.45, 2.75) is 12.8 Å². The largest absolute Gasteiger partial charge is 0.491 e. The quantitative estimate of drug-likeness (QED) is 0.818. The van der Waals surface area contributed by atoms with Crippen LogP contribution < -0.4 is 24.7 Å². The monoisotopic (exact) mass is 404 g/mol. The Kier molecular flexibility index (Phi) is 4.42. The first-order valence-electron chi connectivity index (χ1n) is 8.16. The van der Waals surface area contributed by atoms with Gasteiger partial charge in [0.05, 0.1) is 22.6 Å². The molecule has 27 heavy (non-hydrogen) atoms. The number of ether oxygens (including phenoxy) is 4. The number of rotatable bonds is 3. The van der Waals surface area contributed by atoms with Gasteiger partial charge in [-0.2, -0.15) is 5.26 Å². The van der Waals surface area contributed by atoms with Crippen LogP contribution in [0.15, 0.2) is 35.7 Å². The number of halogens is 2. The van der Waals surface area contributed by atoms with Crippen molar-refractivity contribution in [3.63, 3.8) is 0 Å². The lowest BCUT2D eigenvalue weighted by atomic mass is 9.83.